The zero-order valence-corrected chi connectivity index (χ0v) is 24.1. The van der Waals surface area contributed by atoms with Crippen LogP contribution in [0.5, 0.6) is 11.5 Å². The molecule has 0 saturated heterocycles. The van der Waals surface area contributed by atoms with Gasteiger partial charge in [-0.25, -0.2) is 4.39 Å². The Kier molecular flexibility index (Phi) is 7.66. The Balaban J connectivity index is 1.47. The van der Waals surface area contributed by atoms with E-state index < -0.39 is 5.97 Å². The van der Waals surface area contributed by atoms with Crippen molar-refractivity contribution >= 4 is 5.97 Å². The molecular weight excluding hydrogens is 507 g/mol. The summed E-state index contributed by atoms with van der Waals surface area (Å²) in [4.78, 5) is 12.0. The number of carboxylic acid groups (broad SMARTS) is 1. The molecular formula is C34H39FO5. The van der Waals surface area contributed by atoms with E-state index in [9.17, 15) is 9.90 Å². The number of hydrogen-bond donors (Lipinski definition) is 1. The van der Waals surface area contributed by atoms with Gasteiger partial charge in [0.15, 0.2) is 0 Å². The molecule has 3 atom stereocenters. The lowest BCUT2D eigenvalue weighted by molar-refractivity contribution is -0.150. The normalized spacial score (nSPS) is 20.9. The number of aryl methyl sites for hydroxylation is 1. The summed E-state index contributed by atoms with van der Waals surface area (Å²) in [5.41, 5.74) is 4.90. The molecule has 0 heterocycles. The van der Waals surface area contributed by atoms with E-state index >= 15 is 4.39 Å². The number of halogens is 1. The van der Waals surface area contributed by atoms with Crippen molar-refractivity contribution in [3.05, 3.63) is 82.7 Å². The zero-order valence-electron chi connectivity index (χ0n) is 24.1. The molecule has 0 aromatic heterocycles. The molecule has 3 aromatic rings. The molecule has 0 amide bonds. The lowest BCUT2D eigenvalue weighted by Gasteiger charge is -2.51. The molecule has 0 unspecified atom stereocenters. The van der Waals surface area contributed by atoms with E-state index in [0.717, 1.165) is 60.1 Å². The zero-order chi connectivity index (χ0) is 28.7. The highest BCUT2D eigenvalue weighted by molar-refractivity contribution is 5.75. The largest absolute Gasteiger partial charge is 0.497 e. The van der Waals surface area contributed by atoms with Gasteiger partial charge in [-0.3, -0.25) is 4.79 Å². The smallest absolute Gasteiger partial charge is 0.307 e. The van der Waals surface area contributed by atoms with Gasteiger partial charge >= 0.3 is 5.97 Å². The second kappa shape index (κ2) is 10.9. The molecule has 212 valence electrons. The number of carbonyl (C=O) groups is 1. The van der Waals surface area contributed by atoms with Gasteiger partial charge in [-0.1, -0.05) is 39.0 Å². The summed E-state index contributed by atoms with van der Waals surface area (Å²) in [6, 6.07) is 16.8. The highest BCUT2D eigenvalue weighted by Gasteiger charge is 2.53. The number of ether oxygens (including phenoxy) is 3. The fourth-order valence-electron chi connectivity index (χ4n) is 6.79. The Morgan fingerprint density at radius 2 is 1.80 bits per heavy atom. The first-order valence-corrected chi connectivity index (χ1v) is 14.1. The van der Waals surface area contributed by atoms with Gasteiger partial charge in [-0.05, 0) is 102 Å². The second-order valence-electron chi connectivity index (χ2n) is 12.3. The SMILES string of the molecule is COc1ccc(F)c(-c2ccc(COc3ccc4c(c3)[C@]3(CCC4)CC[C@@H]3C(=O)O)cc2[C@H](OC)C(C)(C)C)c1. The van der Waals surface area contributed by atoms with Crippen molar-refractivity contribution in [3.8, 4) is 22.6 Å². The predicted molar refractivity (Wildman–Crippen MR) is 153 cm³/mol. The maximum atomic E-state index is 15.1. The Bertz CT molecular complexity index is 1410. The molecule has 5 rings (SSSR count). The Labute approximate surface area is 236 Å². The summed E-state index contributed by atoms with van der Waals surface area (Å²) in [6.07, 6.45) is 4.27. The van der Waals surface area contributed by atoms with Crippen LogP contribution in [0.1, 0.15) is 74.8 Å². The van der Waals surface area contributed by atoms with Gasteiger partial charge in [-0.15, -0.1) is 0 Å². The van der Waals surface area contributed by atoms with E-state index in [2.05, 4.69) is 32.9 Å². The van der Waals surface area contributed by atoms with E-state index in [-0.39, 0.29) is 28.7 Å². The quantitative estimate of drug-likeness (QED) is 0.311. The summed E-state index contributed by atoms with van der Waals surface area (Å²) in [7, 11) is 3.25. The maximum Gasteiger partial charge on any atom is 0.307 e. The van der Waals surface area contributed by atoms with Gasteiger partial charge in [0.25, 0.3) is 0 Å². The third-order valence-electron chi connectivity index (χ3n) is 8.82. The van der Waals surface area contributed by atoms with Crippen LogP contribution in [0.25, 0.3) is 11.1 Å². The minimum atomic E-state index is -0.697. The molecule has 1 N–H and O–H groups in total. The number of aliphatic carboxylic acids is 1. The first kappa shape index (κ1) is 28.2. The van der Waals surface area contributed by atoms with E-state index in [0.29, 0.717) is 17.9 Å². The van der Waals surface area contributed by atoms with Crippen LogP contribution in [-0.2, 0) is 28.0 Å². The molecule has 0 bridgehead atoms. The lowest BCUT2D eigenvalue weighted by atomic mass is 9.52. The first-order chi connectivity index (χ1) is 19.1. The van der Waals surface area contributed by atoms with Crippen molar-refractivity contribution in [1.29, 1.82) is 0 Å². The fourth-order valence-corrected chi connectivity index (χ4v) is 6.79. The van der Waals surface area contributed by atoms with Gasteiger partial charge < -0.3 is 19.3 Å². The molecule has 0 radical (unpaired) electrons. The molecule has 2 aliphatic carbocycles. The molecule has 1 saturated carbocycles. The number of hydrogen-bond acceptors (Lipinski definition) is 4. The molecule has 6 heteroatoms. The lowest BCUT2D eigenvalue weighted by Crippen LogP contribution is -2.50. The molecule has 40 heavy (non-hydrogen) atoms. The maximum absolute atomic E-state index is 15.1. The third kappa shape index (κ3) is 5.10. The number of methoxy groups -OCH3 is 2. The molecule has 5 nitrogen and oxygen atoms in total. The highest BCUT2D eigenvalue weighted by Crippen LogP contribution is 2.56. The van der Waals surface area contributed by atoms with Gasteiger partial charge in [0.2, 0.25) is 0 Å². The van der Waals surface area contributed by atoms with Crippen molar-refractivity contribution in [3.63, 3.8) is 0 Å². The summed E-state index contributed by atoms with van der Waals surface area (Å²) in [5, 5.41) is 9.83. The number of carboxylic acids is 1. The molecule has 3 aromatic carbocycles. The third-order valence-corrected chi connectivity index (χ3v) is 8.82. The van der Waals surface area contributed by atoms with Crippen LogP contribution < -0.4 is 9.47 Å². The monoisotopic (exact) mass is 546 g/mol. The molecule has 1 fully saturated rings. The van der Waals surface area contributed by atoms with Gasteiger partial charge in [0, 0.05) is 18.1 Å². The summed E-state index contributed by atoms with van der Waals surface area (Å²) < 4.78 is 32.7. The highest BCUT2D eigenvalue weighted by atomic mass is 19.1. The number of fused-ring (bicyclic) bond motifs is 2. The summed E-state index contributed by atoms with van der Waals surface area (Å²) in [6.45, 7) is 6.63. The average molecular weight is 547 g/mol. The van der Waals surface area contributed by atoms with E-state index in [1.807, 2.05) is 24.3 Å². The molecule has 1 spiro atoms. The van der Waals surface area contributed by atoms with Crippen LogP contribution in [-0.4, -0.2) is 25.3 Å². The average Bonchev–Trinajstić information content (AvgIpc) is 2.90. The molecule has 0 aliphatic heterocycles. The fraction of sp³-hybridized carbons (Fsp3) is 0.441. The van der Waals surface area contributed by atoms with E-state index in [4.69, 9.17) is 14.2 Å². The topological polar surface area (TPSA) is 65.0 Å². The van der Waals surface area contributed by atoms with Crippen molar-refractivity contribution in [2.24, 2.45) is 11.3 Å². The second-order valence-corrected chi connectivity index (χ2v) is 12.3. The Morgan fingerprint density at radius 1 is 1.02 bits per heavy atom. The minimum Gasteiger partial charge on any atom is -0.497 e. The van der Waals surface area contributed by atoms with Crippen LogP contribution in [0.15, 0.2) is 54.6 Å². The van der Waals surface area contributed by atoms with Crippen LogP contribution in [0.2, 0.25) is 0 Å². The van der Waals surface area contributed by atoms with E-state index in [1.165, 1.54) is 11.6 Å². The van der Waals surface area contributed by atoms with Crippen LogP contribution >= 0.6 is 0 Å². The van der Waals surface area contributed by atoms with Gasteiger partial charge in [0.1, 0.15) is 23.9 Å². The molecule has 2 aliphatic rings. The van der Waals surface area contributed by atoms with E-state index in [1.54, 1.807) is 26.4 Å². The van der Waals surface area contributed by atoms with Gasteiger partial charge in [0.05, 0.1) is 19.1 Å². The van der Waals surface area contributed by atoms with Crippen LogP contribution in [0.4, 0.5) is 4.39 Å². The predicted octanol–water partition coefficient (Wildman–Crippen LogP) is 7.88. The van der Waals surface area contributed by atoms with Crippen molar-refractivity contribution in [2.45, 2.75) is 71.0 Å². The van der Waals surface area contributed by atoms with Crippen molar-refractivity contribution in [2.75, 3.05) is 14.2 Å². The summed E-state index contributed by atoms with van der Waals surface area (Å²) >= 11 is 0. The Morgan fingerprint density at radius 3 is 2.45 bits per heavy atom. The standard InChI is InChI=1S/C34H39FO5/c1-33(2,3)31(39-5)27-17-21(8-12-25(27)26-18-23(38-4)11-13-30(26)35)20-40-24-10-9-22-7-6-15-34(29(22)19-24)16-14-28(34)32(36)37/h8-13,17-19,28,31H,6-7,14-16,20H2,1-5H3,(H,36,37)/t28-,31+,34-/m1/s1. The van der Waals surface area contributed by atoms with Crippen molar-refractivity contribution in [1.82, 2.24) is 0 Å². The van der Waals surface area contributed by atoms with Gasteiger partial charge in [-0.2, -0.15) is 0 Å². The number of benzene rings is 3. The van der Waals surface area contributed by atoms with Crippen molar-refractivity contribution < 1.29 is 28.5 Å². The van der Waals surface area contributed by atoms with Crippen LogP contribution in [0.3, 0.4) is 0 Å². The summed E-state index contributed by atoms with van der Waals surface area (Å²) in [5.74, 6) is -0.0243. The Hall–Kier alpha value is -3.38. The minimum absolute atomic E-state index is 0.241. The van der Waals surface area contributed by atoms with Crippen LogP contribution in [0, 0.1) is 17.2 Å². The first-order valence-electron chi connectivity index (χ1n) is 14.1. The number of rotatable bonds is 8.